The molecule has 2 amide bonds. The first kappa shape index (κ1) is 20.8. The minimum atomic E-state index is -0.528. The second kappa shape index (κ2) is 8.09. The normalized spacial score (nSPS) is 15.1. The summed E-state index contributed by atoms with van der Waals surface area (Å²) in [6, 6.07) is 20.8. The van der Waals surface area contributed by atoms with Gasteiger partial charge in [0.25, 0.3) is 5.91 Å². The van der Waals surface area contributed by atoms with Crippen LogP contribution >= 0.6 is 0 Å². The van der Waals surface area contributed by atoms with Crippen molar-refractivity contribution in [1.82, 2.24) is 9.47 Å². The molecule has 0 radical (unpaired) electrons. The fourth-order valence-corrected chi connectivity index (χ4v) is 4.57. The van der Waals surface area contributed by atoms with Crippen LogP contribution in [0.2, 0.25) is 0 Å². The van der Waals surface area contributed by atoms with Crippen LogP contribution in [0.1, 0.15) is 27.7 Å². The fraction of sp³-hybridized carbons (Fsp3) is 0.154. The van der Waals surface area contributed by atoms with Crippen molar-refractivity contribution in [2.24, 2.45) is 7.05 Å². The molecule has 1 aliphatic rings. The number of amides is 2. The van der Waals surface area contributed by atoms with Gasteiger partial charge in [0.1, 0.15) is 23.8 Å². The van der Waals surface area contributed by atoms with Crippen LogP contribution < -0.4 is 10.1 Å². The Kier molecular flexibility index (Phi) is 5.09. The minimum absolute atomic E-state index is 0.0816. The highest BCUT2D eigenvalue weighted by Crippen LogP contribution is 2.44. The highest BCUT2D eigenvalue weighted by Gasteiger charge is 2.42. The molecule has 1 aromatic heterocycles. The number of nitrogens with zero attached hydrogens (tertiary/aromatic N) is 2. The molecule has 6 nitrogen and oxygen atoms in total. The highest BCUT2D eigenvalue weighted by molar-refractivity contribution is 6.08. The van der Waals surface area contributed by atoms with Crippen molar-refractivity contribution in [2.75, 3.05) is 19.0 Å². The zero-order chi connectivity index (χ0) is 23.1. The number of carbonyl (C=O) groups excluding carboxylic acids is 2. The van der Waals surface area contributed by atoms with Gasteiger partial charge in [0.15, 0.2) is 0 Å². The van der Waals surface area contributed by atoms with Gasteiger partial charge in [0.2, 0.25) is 5.91 Å². The molecule has 166 valence electrons. The second-order valence-electron chi connectivity index (χ2n) is 7.98. The Balaban J connectivity index is 1.57. The number of rotatable bonds is 5. The molecule has 7 heteroatoms. The van der Waals surface area contributed by atoms with Crippen molar-refractivity contribution in [3.05, 3.63) is 95.4 Å². The average molecular weight is 443 g/mol. The van der Waals surface area contributed by atoms with E-state index in [1.54, 1.807) is 19.2 Å². The van der Waals surface area contributed by atoms with Crippen LogP contribution in [0, 0.1) is 5.82 Å². The van der Waals surface area contributed by atoms with Gasteiger partial charge in [-0.05, 0) is 35.9 Å². The van der Waals surface area contributed by atoms with Gasteiger partial charge < -0.3 is 19.5 Å². The summed E-state index contributed by atoms with van der Waals surface area (Å²) in [5.74, 6) is -0.540. The van der Waals surface area contributed by atoms with E-state index in [9.17, 15) is 14.0 Å². The van der Waals surface area contributed by atoms with Gasteiger partial charge in [0.05, 0.1) is 18.8 Å². The Bertz CT molecular complexity index is 1380. The third kappa shape index (κ3) is 3.42. The molecule has 1 N–H and O–H groups in total. The molecular weight excluding hydrogens is 421 g/mol. The molecule has 1 atom stereocenters. The van der Waals surface area contributed by atoms with Gasteiger partial charge in [-0.3, -0.25) is 9.59 Å². The lowest BCUT2D eigenvalue weighted by molar-refractivity contribution is -0.117. The van der Waals surface area contributed by atoms with E-state index in [-0.39, 0.29) is 18.1 Å². The van der Waals surface area contributed by atoms with Gasteiger partial charge >= 0.3 is 0 Å². The number of anilines is 1. The lowest BCUT2D eigenvalue weighted by atomic mass is 9.98. The summed E-state index contributed by atoms with van der Waals surface area (Å²) in [4.78, 5) is 28.0. The van der Waals surface area contributed by atoms with Crippen LogP contribution in [0.5, 0.6) is 5.75 Å². The van der Waals surface area contributed by atoms with E-state index in [1.165, 1.54) is 17.0 Å². The van der Waals surface area contributed by atoms with E-state index in [1.807, 2.05) is 60.1 Å². The Hall–Kier alpha value is -4.13. The van der Waals surface area contributed by atoms with Gasteiger partial charge in [-0.25, -0.2) is 4.39 Å². The number of aryl methyl sites for hydroxylation is 1. The van der Waals surface area contributed by atoms with Gasteiger partial charge in [0, 0.05) is 23.5 Å². The maximum Gasteiger partial charge on any atom is 0.272 e. The number of ether oxygens (including phenoxy) is 1. The third-order valence-electron chi connectivity index (χ3n) is 6.09. The number of carbonyl (C=O) groups is 2. The zero-order valence-corrected chi connectivity index (χ0v) is 18.2. The molecule has 0 saturated carbocycles. The van der Waals surface area contributed by atoms with Crippen LogP contribution in [-0.4, -0.2) is 34.9 Å². The molecule has 5 rings (SSSR count). The average Bonchev–Trinajstić information content (AvgIpc) is 3.28. The highest BCUT2D eigenvalue weighted by atomic mass is 19.1. The molecule has 0 saturated heterocycles. The Labute approximate surface area is 190 Å². The summed E-state index contributed by atoms with van der Waals surface area (Å²) in [7, 11) is 3.45. The lowest BCUT2D eigenvalue weighted by Gasteiger charge is -2.26. The Morgan fingerprint density at radius 1 is 1.03 bits per heavy atom. The molecule has 33 heavy (non-hydrogen) atoms. The van der Waals surface area contributed by atoms with Crippen LogP contribution in [0.15, 0.2) is 72.8 Å². The summed E-state index contributed by atoms with van der Waals surface area (Å²) in [6.07, 6.45) is 0. The molecule has 0 spiro atoms. The fourth-order valence-electron chi connectivity index (χ4n) is 4.57. The second-order valence-corrected chi connectivity index (χ2v) is 7.98. The van der Waals surface area contributed by atoms with Crippen molar-refractivity contribution in [3.63, 3.8) is 0 Å². The quantitative estimate of drug-likeness (QED) is 0.494. The standard InChI is InChI=1S/C26H22FN3O3/c1-29-21-10-6-3-7-18(21)23-24(16-11-13-17(33-2)14-12-16)30(26(32)25(23)29)15-22(31)28-20-9-5-4-8-19(20)27/h3-14,24H,15H2,1-2H3,(H,28,31). The first-order valence-electron chi connectivity index (χ1n) is 10.6. The summed E-state index contributed by atoms with van der Waals surface area (Å²) in [5, 5.41) is 3.54. The van der Waals surface area contributed by atoms with E-state index in [0.29, 0.717) is 11.4 Å². The van der Waals surface area contributed by atoms with Crippen molar-refractivity contribution in [3.8, 4) is 5.75 Å². The van der Waals surface area contributed by atoms with E-state index >= 15 is 0 Å². The summed E-state index contributed by atoms with van der Waals surface area (Å²) < 4.78 is 21.2. The largest absolute Gasteiger partial charge is 0.497 e. The number of halogens is 1. The number of aromatic nitrogens is 1. The van der Waals surface area contributed by atoms with Gasteiger partial charge in [-0.15, -0.1) is 0 Å². The van der Waals surface area contributed by atoms with E-state index in [4.69, 9.17) is 4.74 Å². The smallest absolute Gasteiger partial charge is 0.272 e. The van der Waals surface area contributed by atoms with Crippen molar-refractivity contribution >= 4 is 28.4 Å². The molecule has 0 fully saturated rings. The summed E-state index contributed by atoms with van der Waals surface area (Å²) in [5.41, 5.74) is 3.30. The molecule has 0 bridgehead atoms. The van der Waals surface area contributed by atoms with Crippen molar-refractivity contribution in [1.29, 1.82) is 0 Å². The first-order chi connectivity index (χ1) is 16.0. The predicted molar refractivity (Wildman–Crippen MR) is 124 cm³/mol. The molecular formula is C26H22FN3O3. The Morgan fingerprint density at radius 3 is 2.45 bits per heavy atom. The summed E-state index contributed by atoms with van der Waals surface area (Å²) >= 11 is 0. The topological polar surface area (TPSA) is 63.6 Å². The van der Waals surface area contributed by atoms with Crippen LogP contribution in [0.25, 0.3) is 10.9 Å². The number of nitrogens with one attached hydrogen (secondary N) is 1. The molecule has 4 aromatic rings. The SMILES string of the molecule is COc1ccc(C2c3c(n(C)c4ccccc34)C(=O)N2CC(=O)Nc2ccccc2F)cc1. The maximum atomic E-state index is 14.0. The predicted octanol–water partition coefficient (Wildman–Crippen LogP) is 4.51. The first-order valence-corrected chi connectivity index (χ1v) is 10.6. The van der Waals surface area contributed by atoms with Crippen LogP contribution in [0.3, 0.4) is 0 Å². The van der Waals surface area contributed by atoms with Gasteiger partial charge in [-0.2, -0.15) is 0 Å². The number of fused-ring (bicyclic) bond motifs is 3. The molecule has 3 aromatic carbocycles. The van der Waals surface area contributed by atoms with E-state index in [2.05, 4.69) is 5.32 Å². The molecule has 1 aliphatic heterocycles. The van der Waals surface area contributed by atoms with Crippen molar-refractivity contribution in [2.45, 2.75) is 6.04 Å². The van der Waals surface area contributed by atoms with Gasteiger partial charge in [-0.1, -0.05) is 42.5 Å². The molecule has 1 unspecified atom stereocenters. The minimum Gasteiger partial charge on any atom is -0.497 e. The van der Waals surface area contributed by atoms with Crippen LogP contribution in [0.4, 0.5) is 10.1 Å². The van der Waals surface area contributed by atoms with Crippen LogP contribution in [-0.2, 0) is 11.8 Å². The molecule has 2 heterocycles. The van der Waals surface area contributed by atoms with E-state index < -0.39 is 17.8 Å². The number of para-hydroxylation sites is 2. The molecule has 0 aliphatic carbocycles. The zero-order valence-electron chi connectivity index (χ0n) is 18.2. The van der Waals surface area contributed by atoms with E-state index in [0.717, 1.165) is 22.0 Å². The Morgan fingerprint density at radius 2 is 1.73 bits per heavy atom. The lowest BCUT2D eigenvalue weighted by Crippen LogP contribution is -2.37. The summed E-state index contributed by atoms with van der Waals surface area (Å²) in [6.45, 7) is -0.215. The monoisotopic (exact) mass is 443 g/mol. The number of methoxy groups -OCH3 is 1. The third-order valence-corrected chi connectivity index (χ3v) is 6.09. The number of hydrogen-bond donors (Lipinski definition) is 1. The van der Waals surface area contributed by atoms with Crippen molar-refractivity contribution < 1.29 is 18.7 Å². The maximum absolute atomic E-state index is 14.0. The number of benzene rings is 3. The number of hydrogen-bond acceptors (Lipinski definition) is 3.